The summed E-state index contributed by atoms with van der Waals surface area (Å²) in [5, 5.41) is 14.1. The zero-order valence-corrected chi connectivity index (χ0v) is 12.8. The number of unbranched alkanes of at least 4 members (excludes halogenated alkanes) is 1. The third-order valence-electron chi connectivity index (χ3n) is 2.55. The standard InChI is InChI=1S/C13H17IN2O3/c1-2-3-4-11(12(17)18)16-13(19)15-10-7-5-9(14)6-8-10/h5-8,11H,2-4H2,1H3,(H,17,18)(H2,15,16,19)/t11-/m0/s1. The molecule has 0 bridgehead atoms. The molecule has 3 N–H and O–H groups in total. The Hall–Kier alpha value is -1.31. The SMILES string of the molecule is CCCC[C@H](NC(=O)Nc1ccc(I)cc1)C(=O)O. The fourth-order valence-electron chi connectivity index (χ4n) is 1.52. The highest BCUT2D eigenvalue weighted by Crippen LogP contribution is 2.11. The van der Waals surface area contributed by atoms with Gasteiger partial charge in [-0.1, -0.05) is 19.8 Å². The molecule has 0 aliphatic rings. The van der Waals surface area contributed by atoms with Gasteiger partial charge in [0.15, 0.2) is 0 Å². The number of amides is 2. The molecule has 0 fully saturated rings. The lowest BCUT2D eigenvalue weighted by atomic mass is 10.1. The molecule has 0 aliphatic carbocycles. The van der Waals surface area contributed by atoms with E-state index < -0.39 is 18.0 Å². The minimum atomic E-state index is -1.01. The number of benzene rings is 1. The summed E-state index contributed by atoms with van der Waals surface area (Å²) in [5.74, 6) is -1.01. The first kappa shape index (κ1) is 15.7. The van der Waals surface area contributed by atoms with Crippen molar-refractivity contribution in [2.45, 2.75) is 32.2 Å². The van der Waals surface area contributed by atoms with Crippen LogP contribution in [0.4, 0.5) is 10.5 Å². The smallest absolute Gasteiger partial charge is 0.326 e. The van der Waals surface area contributed by atoms with E-state index in [1.54, 1.807) is 12.1 Å². The van der Waals surface area contributed by atoms with E-state index in [-0.39, 0.29) is 0 Å². The Morgan fingerprint density at radius 3 is 2.47 bits per heavy atom. The van der Waals surface area contributed by atoms with E-state index in [4.69, 9.17) is 5.11 Å². The highest BCUT2D eigenvalue weighted by molar-refractivity contribution is 14.1. The van der Waals surface area contributed by atoms with E-state index in [1.165, 1.54) is 0 Å². The quantitative estimate of drug-likeness (QED) is 0.668. The lowest BCUT2D eigenvalue weighted by Gasteiger charge is -2.14. The van der Waals surface area contributed by atoms with Crippen molar-refractivity contribution in [2.75, 3.05) is 5.32 Å². The number of carboxylic acids is 1. The number of rotatable bonds is 6. The van der Waals surface area contributed by atoms with Gasteiger partial charge in [-0.25, -0.2) is 9.59 Å². The van der Waals surface area contributed by atoms with Crippen LogP contribution in [0.1, 0.15) is 26.2 Å². The number of urea groups is 1. The number of hydrogen-bond donors (Lipinski definition) is 3. The summed E-state index contributed by atoms with van der Waals surface area (Å²) in [7, 11) is 0. The van der Waals surface area contributed by atoms with E-state index >= 15 is 0 Å². The van der Waals surface area contributed by atoms with Gasteiger partial charge in [-0.2, -0.15) is 0 Å². The average Bonchev–Trinajstić information content (AvgIpc) is 2.37. The maximum absolute atomic E-state index is 11.7. The van der Waals surface area contributed by atoms with Crippen molar-refractivity contribution in [1.82, 2.24) is 5.32 Å². The minimum absolute atomic E-state index is 0.436. The van der Waals surface area contributed by atoms with Gasteiger partial charge in [0.05, 0.1) is 0 Å². The zero-order valence-electron chi connectivity index (χ0n) is 10.6. The lowest BCUT2D eigenvalue weighted by molar-refractivity contribution is -0.139. The van der Waals surface area contributed by atoms with E-state index in [1.807, 2.05) is 19.1 Å². The molecule has 0 unspecified atom stereocenters. The summed E-state index contributed by atoms with van der Waals surface area (Å²) >= 11 is 2.17. The van der Waals surface area contributed by atoms with Gasteiger partial charge in [-0.15, -0.1) is 0 Å². The number of carbonyl (C=O) groups is 2. The summed E-state index contributed by atoms with van der Waals surface area (Å²) in [4.78, 5) is 22.7. The fourth-order valence-corrected chi connectivity index (χ4v) is 1.88. The Morgan fingerprint density at radius 1 is 1.32 bits per heavy atom. The molecule has 19 heavy (non-hydrogen) atoms. The van der Waals surface area contributed by atoms with Crippen LogP contribution in [0.3, 0.4) is 0 Å². The zero-order chi connectivity index (χ0) is 14.3. The average molecular weight is 376 g/mol. The van der Waals surface area contributed by atoms with E-state index in [0.29, 0.717) is 12.1 Å². The van der Waals surface area contributed by atoms with Crippen molar-refractivity contribution in [3.05, 3.63) is 27.8 Å². The van der Waals surface area contributed by atoms with Crippen LogP contribution in [-0.4, -0.2) is 23.1 Å². The molecule has 0 saturated heterocycles. The number of hydrogen-bond acceptors (Lipinski definition) is 2. The molecule has 0 aliphatic heterocycles. The van der Waals surface area contributed by atoms with Gasteiger partial charge >= 0.3 is 12.0 Å². The molecule has 0 spiro atoms. The second-order valence-corrected chi connectivity index (χ2v) is 5.38. The first-order valence-electron chi connectivity index (χ1n) is 6.08. The Kier molecular flexibility index (Phi) is 6.61. The predicted octanol–water partition coefficient (Wildman–Crippen LogP) is 3.06. The Labute approximate surface area is 125 Å². The van der Waals surface area contributed by atoms with Crippen LogP contribution in [0.5, 0.6) is 0 Å². The van der Waals surface area contributed by atoms with Crippen molar-refractivity contribution in [3.63, 3.8) is 0 Å². The molecule has 104 valence electrons. The molecule has 0 heterocycles. The fraction of sp³-hybridized carbons (Fsp3) is 0.385. The molecule has 2 amide bonds. The van der Waals surface area contributed by atoms with Crippen LogP contribution in [0.25, 0.3) is 0 Å². The van der Waals surface area contributed by atoms with Crippen LogP contribution >= 0.6 is 22.6 Å². The molecular formula is C13H17IN2O3. The normalized spacial score (nSPS) is 11.7. The van der Waals surface area contributed by atoms with Gasteiger partial charge in [-0.05, 0) is 53.3 Å². The summed E-state index contributed by atoms with van der Waals surface area (Å²) in [5.41, 5.74) is 0.637. The van der Waals surface area contributed by atoms with Crippen molar-refractivity contribution in [3.8, 4) is 0 Å². The lowest BCUT2D eigenvalue weighted by Crippen LogP contribution is -2.42. The first-order valence-corrected chi connectivity index (χ1v) is 7.16. The van der Waals surface area contributed by atoms with Crippen LogP contribution < -0.4 is 10.6 Å². The summed E-state index contributed by atoms with van der Waals surface area (Å²) in [6.45, 7) is 1.98. The summed E-state index contributed by atoms with van der Waals surface area (Å²) in [6.07, 6.45) is 2.09. The Morgan fingerprint density at radius 2 is 1.95 bits per heavy atom. The van der Waals surface area contributed by atoms with Crippen LogP contribution in [0.2, 0.25) is 0 Å². The van der Waals surface area contributed by atoms with Crippen LogP contribution in [0, 0.1) is 3.57 Å². The maximum atomic E-state index is 11.7. The Balaban J connectivity index is 2.52. The third-order valence-corrected chi connectivity index (χ3v) is 3.27. The first-order chi connectivity index (χ1) is 9.02. The van der Waals surface area contributed by atoms with Crippen molar-refractivity contribution in [1.29, 1.82) is 0 Å². The number of carboxylic acid groups (broad SMARTS) is 1. The second kappa shape index (κ2) is 7.98. The number of aliphatic carboxylic acids is 1. The number of carbonyl (C=O) groups excluding carboxylic acids is 1. The number of anilines is 1. The minimum Gasteiger partial charge on any atom is -0.480 e. The highest BCUT2D eigenvalue weighted by Gasteiger charge is 2.18. The van der Waals surface area contributed by atoms with Crippen LogP contribution in [0.15, 0.2) is 24.3 Å². The van der Waals surface area contributed by atoms with Gasteiger partial charge in [0.1, 0.15) is 6.04 Å². The van der Waals surface area contributed by atoms with Gasteiger partial charge < -0.3 is 15.7 Å². The predicted molar refractivity (Wildman–Crippen MR) is 82.3 cm³/mol. The van der Waals surface area contributed by atoms with E-state index in [9.17, 15) is 9.59 Å². The molecule has 0 radical (unpaired) electrons. The summed E-state index contributed by atoms with van der Waals surface area (Å²) < 4.78 is 1.06. The topological polar surface area (TPSA) is 78.4 Å². The molecule has 6 heteroatoms. The van der Waals surface area contributed by atoms with Gasteiger partial charge in [0.25, 0.3) is 0 Å². The third kappa shape index (κ3) is 5.91. The van der Waals surface area contributed by atoms with Crippen LogP contribution in [-0.2, 0) is 4.79 Å². The highest BCUT2D eigenvalue weighted by atomic mass is 127. The van der Waals surface area contributed by atoms with E-state index in [2.05, 4.69) is 33.2 Å². The second-order valence-electron chi connectivity index (χ2n) is 4.14. The molecular weight excluding hydrogens is 359 g/mol. The number of halogens is 1. The molecule has 1 aromatic carbocycles. The molecule has 0 saturated carbocycles. The molecule has 1 aromatic rings. The van der Waals surface area contributed by atoms with Crippen molar-refractivity contribution < 1.29 is 14.7 Å². The molecule has 5 nitrogen and oxygen atoms in total. The van der Waals surface area contributed by atoms with Crippen molar-refractivity contribution >= 4 is 40.3 Å². The van der Waals surface area contributed by atoms with Gasteiger partial charge in [0, 0.05) is 9.26 Å². The Bertz CT molecular complexity index is 434. The van der Waals surface area contributed by atoms with E-state index in [0.717, 1.165) is 16.4 Å². The largest absolute Gasteiger partial charge is 0.480 e. The van der Waals surface area contributed by atoms with Crippen molar-refractivity contribution in [2.24, 2.45) is 0 Å². The monoisotopic (exact) mass is 376 g/mol. The number of nitrogens with one attached hydrogen (secondary N) is 2. The van der Waals surface area contributed by atoms with Gasteiger partial charge in [-0.3, -0.25) is 0 Å². The molecule has 0 aromatic heterocycles. The maximum Gasteiger partial charge on any atom is 0.326 e. The molecule has 1 rings (SSSR count). The summed E-state index contributed by atoms with van der Waals surface area (Å²) in [6, 6.07) is 5.92. The van der Waals surface area contributed by atoms with Gasteiger partial charge in [0.2, 0.25) is 0 Å². The molecule has 1 atom stereocenters.